The van der Waals surface area contributed by atoms with E-state index in [1.165, 1.54) is 7.11 Å². The minimum atomic E-state index is -0.767. The molecule has 0 aromatic carbocycles. The van der Waals surface area contributed by atoms with Crippen LogP contribution in [0.25, 0.3) is 0 Å². The second kappa shape index (κ2) is 9.19. The third kappa shape index (κ3) is 5.73. The number of rotatable bonds is 8. The van der Waals surface area contributed by atoms with Crippen molar-refractivity contribution in [1.29, 1.82) is 0 Å². The summed E-state index contributed by atoms with van der Waals surface area (Å²) in [5.74, 6) is -1.75. The smallest absolute Gasteiger partial charge is 0.320 e. The molecule has 0 amide bonds. The van der Waals surface area contributed by atoms with Gasteiger partial charge >= 0.3 is 11.9 Å². The Morgan fingerprint density at radius 1 is 1.06 bits per heavy atom. The fraction of sp³-hybridized carbons (Fsp3) is 0.833. The van der Waals surface area contributed by atoms with E-state index < -0.39 is 17.9 Å². The Labute approximate surface area is 97.3 Å². The van der Waals surface area contributed by atoms with Crippen molar-refractivity contribution in [3.05, 3.63) is 0 Å². The van der Waals surface area contributed by atoms with Crippen LogP contribution in [0, 0.1) is 5.92 Å². The monoisotopic (exact) mass is 230 g/mol. The Kier molecular flexibility index (Phi) is 8.58. The Hall–Kier alpha value is -1.06. The second-order valence-electron chi connectivity index (χ2n) is 3.71. The molecule has 0 bridgehead atoms. The normalized spacial score (nSPS) is 11.9. The first-order chi connectivity index (χ1) is 7.67. The van der Waals surface area contributed by atoms with Crippen molar-refractivity contribution < 1.29 is 19.1 Å². The van der Waals surface area contributed by atoms with Gasteiger partial charge in [0.1, 0.15) is 0 Å². The van der Waals surface area contributed by atoms with Gasteiger partial charge in [-0.25, -0.2) is 0 Å². The van der Waals surface area contributed by atoms with E-state index in [-0.39, 0.29) is 0 Å². The summed E-state index contributed by atoms with van der Waals surface area (Å²) in [5, 5.41) is 0. The van der Waals surface area contributed by atoms with Gasteiger partial charge in [-0.05, 0) is 12.8 Å². The molecule has 0 saturated carbocycles. The summed E-state index contributed by atoms with van der Waals surface area (Å²) in [5.41, 5.74) is 0. The number of carbonyl (C=O) groups excluding carboxylic acids is 2. The van der Waals surface area contributed by atoms with Gasteiger partial charge < -0.3 is 9.47 Å². The largest absolute Gasteiger partial charge is 0.468 e. The number of hydrogen-bond acceptors (Lipinski definition) is 4. The first kappa shape index (κ1) is 14.9. The molecule has 0 aliphatic heterocycles. The lowest BCUT2D eigenvalue weighted by Crippen LogP contribution is -2.26. The van der Waals surface area contributed by atoms with Crippen LogP contribution >= 0.6 is 0 Å². The predicted molar refractivity (Wildman–Crippen MR) is 60.9 cm³/mol. The predicted octanol–water partition coefficient (Wildman–Crippen LogP) is 2.31. The summed E-state index contributed by atoms with van der Waals surface area (Å²) in [4.78, 5) is 22.7. The Balaban J connectivity index is 3.80. The van der Waals surface area contributed by atoms with Gasteiger partial charge in [-0.15, -0.1) is 0 Å². The highest BCUT2D eigenvalue weighted by Crippen LogP contribution is 2.08. The van der Waals surface area contributed by atoms with E-state index in [9.17, 15) is 9.59 Å². The van der Waals surface area contributed by atoms with Gasteiger partial charge in [0, 0.05) is 0 Å². The van der Waals surface area contributed by atoms with Gasteiger partial charge in [-0.2, -0.15) is 0 Å². The summed E-state index contributed by atoms with van der Waals surface area (Å²) in [6.07, 6.45) is 4.62. The Bertz CT molecular complexity index is 213. The van der Waals surface area contributed by atoms with Crippen LogP contribution in [0.5, 0.6) is 0 Å². The van der Waals surface area contributed by atoms with Crippen LogP contribution in [0.4, 0.5) is 0 Å². The molecule has 0 spiro atoms. The van der Waals surface area contributed by atoms with Crippen LogP contribution in [0.3, 0.4) is 0 Å². The molecule has 0 aromatic rings. The van der Waals surface area contributed by atoms with Crippen molar-refractivity contribution in [2.24, 2.45) is 5.92 Å². The van der Waals surface area contributed by atoms with E-state index in [1.54, 1.807) is 6.92 Å². The SMILES string of the molecule is CCCCCCOC(=O)C(CC)C(=O)OC. The summed E-state index contributed by atoms with van der Waals surface area (Å²) < 4.78 is 9.55. The molecule has 0 heterocycles. The summed E-state index contributed by atoms with van der Waals surface area (Å²) >= 11 is 0. The molecule has 0 saturated heterocycles. The average Bonchev–Trinajstić information content (AvgIpc) is 2.29. The van der Waals surface area contributed by atoms with Crippen molar-refractivity contribution in [1.82, 2.24) is 0 Å². The van der Waals surface area contributed by atoms with Gasteiger partial charge in [0.25, 0.3) is 0 Å². The van der Waals surface area contributed by atoms with Crippen molar-refractivity contribution in [2.75, 3.05) is 13.7 Å². The van der Waals surface area contributed by atoms with Crippen LogP contribution in [-0.4, -0.2) is 25.7 Å². The molecule has 0 aromatic heterocycles. The Morgan fingerprint density at radius 3 is 2.25 bits per heavy atom. The highest BCUT2D eigenvalue weighted by molar-refractivity contribution is 5.94. The first-order valence-corrected chi connectivity index (χ1v) is 5.91. The van der Waals surface area contributed by atoms with Crippen molar-refractivity contribution in [2.45, 2.75) is 46.0 Å². The maximum Gasteiger partial charge on any atom is 0.320 e. The Morgan fingerprint density at radius 2 is 1.75 bits per heavy atom. The zero-order chi connectivity index (χ0) is 12.4. The van der Waals surface area contributed by atoms with Gasteiger partial charge in [-0.3, -0.25) is 9.59 Å². The fourth-order valence-corrected chi connectivity index (χ4v) is 1.37. The summed E-state index contributed by atoms with van der Waals surface area (Å²) in [6.45, 7) is 4.28. The van der Waals surface area contributed by atoms with Crippen LogP contribution < -0.4 is 0 Å². The molecular formula is C12H22O4. The van der Waals surface area contributed by atoms with Crippen molar-refractivity contribution >= 4 is 11.9 Å². The van der Waals surface area contributed by atoms with E-state index in [0.29, 0.717) is 13.0 Å². The van der Waals surface area contributed by atoms with Crippen LogP contribution in [0.15, 0.2) is 0 Å². The van der Waals surface area contributed by atoms with E-state index in [0.717, 1.165) is 25.7 Å². The molecule has 4 nitrogen and oxygen atoms in total. The molecule has 1 atom stereocenters. The summed E-state index contributed by atoms with van der Waals surface area (Å²) in [6, 6.07) is 0. The number of unbranched alkanes of at least 4 members (excludes halogenated alkanes) is 3. The van der Waals surface area contributed by atoms with E-state index in [4.69, 9.17) is 4.74 Å². The molecule has 16 heavy (non-hydrogen) atoms. The maximum absolute atomic E-state index is 11.5. The highest BCUT2D eigenvalue weighted by Gasteiger charge is 2.26. The third-order valence-corrected chi connectivity index (χ3v) is 2.42. The van der Waals surface area contributed by atoms with E-state index in [1.807, 2.05) is 0 Å². The first-order valence-electron chi connectivity index (χ1n) is 5.91. The molecule has 94 valence electrons. The number of hydrogen-bond donors (Lipinski definition) is 0. The van der Waals surface area contributed by atoms with Gasteiger partial charge in [0.15, 0.2) is 5.92 Å². The molecule has 0 N–H and O–H groups in total. The quantitative estimate of drug-likeness (QED) is 0.365. The topological polar surface area (TPSA) is 52.6 Å². The zero-order valence-corrected chi connectivity index (χ0v) is 10.5. The lowest BCUT2D eigenvalue weighted by Gasteiger charge is -2.11. The highest BCUT2D eigenvalue weighted by atomic mass is 16.5. The molecule has 4 heteroatoms. The van der Waals surface area contributed by atoms with Gasteiger partial charge in [-0.1, -0.05) is 33.1 Å². The van der Waals surface area contributed by atoms with Crippen LogP contribution in [-0.2, 0) is 19.1 Å². The molecule has 0 rings (SSSR count). The summed E-state index contributed by atoms with van der Waals surface area (Å²) in [7, 11) is 1.28. The van der Waals surface area contributed by atoms with Crippen LogP contribution in [0.1, 0.15) is 46.0 Å². The minimum absolute atomic E-state index is 0.395. The zero-order valence-electron chi connectivity index (χ0n) is 10.5. The second-order valence-corrected chi connectivity index (χ2v) is 3.71. The molecule has 0 radical (unpaired) electrons. The van der Waals surface area contributed by atoms with E-state index in [2.05, 4.69) is 11.7 Å². The molecule has 1 unspecified atom stereocenters. The van der Waals surface area contributed by atoms with Crippen LogP contribution in [0.2, 0.25) is 0 Å². The van der Waals surface area contributed by atoms with Crippen molar-refractivity contribution in [3.63, 3.8) is 0 Å². The number of esters is 2. The van der Waals surface area contributed by atoms with Crippen molar-refractivity contribution in [3.8, 4) is 0 Å². The molecule has 0 aliphatic carbocycles. The van der Waals surface area contributed by atoms with E-state index >= 15 is 0 Å². The lowest BCUT2D eigenvalue weighted by molar-refractivity contribution is -0.160. The fourth-order valence-electron chi connectivity index (χ4n) is 1.37. The number of methoxy groups -OCH3 is 1. The minimum Gasteiger partial charge on any atom is -0.468 e. The van der Waals surface area contributed by atoms with Gasteiger partial charge in [0.2, 0.25) is 0 Å². The third-order valence-electron chi connectivity index (χ3n) is 2.42. The number of carbonyl (C=O) groups is 2. The maximum atomic E-state index is 11.5. The molecular weight excluding hydrogens is 208 g/mol. The average molecular weight is 230 g/mol. The van der Waals surface area contributed by atoms with Gasteiger partial charge in [0.05, 0.1) is 13.7 Å². The lowest BCUT2D eigenvalue weighted by atomic mass is 10.1. The standard InChI is InChI=1S/C12H22O4/c1-4-6-7-8-9-16-12(14)10(5-2)11(13)15-3/h10H,4-9H2,1-3H3. The molecule has 0 aliphatic rings. The number of ether oxygens (including phenoxy) is 2. The molecule has 0 fully saturated rings.